The van der Waals surface area contributed by atoms with Gasteiger partial charge < -0.3 is 13.8 Å². The molecule has 60 valence electrons. The third kappa shape index (κ3) is 34.8. The molecule has 0 aliphatic carbocycles. The first-order chi connectivity index (χ1) is 3.56. The van der Waals surface area contributed by atoms with Crippen LogP contribution in [0, 0.1) is 13.8 Å². The van der Waals surface area contributed by atoms with E-state index < -0.39 is 8.07 Å². The van der Waals surface area contributed by atoms with Crippen molar-refractivity contribution in [3.8, 4) is 0 Å². The first-order valence-electron chi connectivity index (χ1n) is 3.06. The zero-order chi connectivity index (χ0) is 7.21. The Labute approximate surface area is 89.7 Å². The monoisotopic (exact) mass is 190 g/mol. The first kappa shape index (κ1) is 22.5. The summed E-state index contributed by atoms with van der Waals surface area (Å²) in [5.74, 6) is 0. The maximum absolute atomic E-state index is 3.82. The average Bonchev–Trinajstić information content (AvgIpc) is 1.71. The molecular weight excluding hydrogens is 172 g/mol. The Morgan fingerprint density at radius 3 is 1.20 bits per heavy atom. The summed E-state index contributed by atoms with van der Waals surface area (Å²) in [7, 11) is -0.742. The molecule has 0 N–H and O–H groups in total. The van der Waals surface area contributed by atoms with Crippen molar-refractivity contribution in [2.75, 3.05) is 0 Å². The molecule has 0 amide bonds. The molecule has 0 aliphatic heterocycles. The van der Waals surface area contributed by atoms with Crippen LogP contribution in [0.1, 0.15) is 6.92 Å². The predicted molar refractivity (Wildman–Crippen MR) is 57.5 cm³/mol. The molecule has 0 aromatic heterocycles. The number of rotatable bonds is 1. The summed E-state index contributed by atoms with van der Waals surface area (Å²) >= 11 is 0. The zero-order valence-electron chi connectivity index (χ0n) is 7.74. The van der Waals surface area contributed by atoms with Crippen LogP contribution in [0.4, 0.5) is 0 Å². The summed E-state index contributed by atoms with van der Waals surface area (Å²) < 4.78 is 0. The fourth-order valence-electron chi connectivity index (χ4n) is 0. The van der Waals surface area contributed by atoms with Crippen LogP contribution in [0.25, 0.3) is 0 Å². The number of hydrogen-bond acceptors (Lipinski definition) is 0. The third-order valence-corrected chi connectivity index (χ3v) is 2.25. The smallest absolute Gasteiger partial charge is 0.346 e. The molecule has 0 aromatic rings. The van der Waals surface area contributed by atoms with Gasteiger partial charge in [-0.2, -0.15) is 13.0 Å². The maximum atomic E-state index is 3.82. The summed E-state index contributed by atoms with van der Waals surface area (Å²) in [6.45, 7) is 15.8. The fraction of sp³-hybridized carbons (Fsp3) is 0.714. The summed E-state index contributed by atoms with van der Waals surface area (Å²) in [5.41, 5.74) is 0. The van der Waals surface area contributed by atoms with E-state index in [2.05, 4.69) is 33.5 Å². The molecule has 0 saturated heterocycles. The van der Waals surface area contributed by atoms with Crippen molar-refractivity contribution in [2.45, 2.75) is 32.6 Å². The fourth-order valence-corrected chi connectivity index (χ4v) is 0. The van der Waals surface area contributed by atoms with E-state index >= 15 is 0 Å². The summed E-state index contributed by atoms with van der Waals surface area (Å²) in [6, 6.07) is 1.16. The zero-order valence-corrected chi connectivity index (χ0v) is 11.0. The van der Waals surface area contributed by atoms with Gasteiger partial charge in [0.15, 0.2) is 0 Å². The molecule has 0 heterocycles. The molecule has 0 nitrogen and oxygen atoms in total. The topological polar surface area (TPSA) is 0 Å². The van der Waals surface area contributed by atoms with Gasteiger partial charge in [0, 0.05) is 8.07 Å². The van der Waals surface area contributed by atoms with Gasteiger partial charge in [-0.05, 0) is 0 Å². The van der Waals surface area contributed by atoms with E-state index in [-0.39, 0.29) is 35.5 Å². The van der Waals surface area contributed by atoms with E-state index in [1.54, 1.807) is 6.92 Å². The van der Waals surface area contributed by atoms with Crippen LogP contribution < -0.4 is 0 Å². The molecule has 0 spiro atoms. The minimum Gasteiger partial charge on any atom is -0.346 e. The molecular formula is C7H19ClMgSi. The Hall–Kier alpha value is 1.27. The Bertz CT molecular complexity index is 43.4. The van der Waals surface area contributed by atoms with Crippen molar-refractivity contribution >= 4 is 43.5 Å². The first-order valence-corrected chi connectivity index (χ1v) is 6.77. The Morgan fingerprint density at radius 1 is 1.10 bits per heavy atom. The van der Waals surface area contributed by atoms with Crippen molar-refractivity contribution in [3.05, 3.63) is 13.8 Å². The van der Waals surface area contributed by atoms with Crippen molar-refractivity contribution < 1.29 is 0 Å². The normalized spacial score (nSPS) is 7.80. The molecule has 0 unspecified atom stereocenters. The SMILES string of the molecule is Cl.[CH2-]C.[CH2-]C[Si](C)(C)C.[Mg+2]. The van der Waals surface area contributed by atoms with E-state index in [9.17, 15) is 0 Å². The molecule has 0 saturated carbocycles. The van der Waals surface area contributed by atoms with Gasteiger partial charge in [-0.25, -0.2) is 0 Å². The second-order valence-electron chi connectivity index (χ2n) is 2.81. The minimum atomic E-state index is -0.742. The van der Waals surface area contributed by atoms with E-state index in [1.807, 2.05) is 0 Å². The maximum Gasteiger partial charge on any atom is 2.00 e. The van der Waals surface area contributed by atoms with Crippen molar-refractivity contribution in [2.24, 2.45) is 0 Å². The van der Waals surface area contributed by atoms with Crippen LogP contribution in [0.2, 0.25) is 25.7 Å². The molecule has 0 aliphatic rings. The van der Waals surface area contributed by atoms with Crippen LogP contribution in [0.5, 0.6) is 0 Å². The van der Waals surface area contributed by atoms with Gasteiger partial charge in [-0.3, -0.25) is 0 Å². The van der Waals surface area contributed by atoms with E-state index in [1.165, 1.54) is 0 Å². The quantitative estimate of drug-likeness (QED) is 0.441. The van der Waals surface area contributed by atoms with Gasteiger partial charge in [-0.15, -0.1) is 12.4 Å². The molecule has 3 heteroatoms. The Kier molecular flexibility index (Phi) is 29.0. The molecule has 0 rings (SSSR count). The van der Waals surface area contributed by atoms with Crippen LogP contribution in [0.15, 0.2) is 0 Å². The van der Waals surface area contributed by atoms with Crippen molar-refractivity contribution in [3.63, 3.8) is 0 Å². The molecule has 10 heavy (non-hydrogen) atoms. The van der Waals surface area contributed by atoms with Crippen LogP contribution in [0.3, 0.4) is 0 Å². The Balaban J connectivity index is -0.0000000412. The van der Waals surface area contributed by atoms with Gasteiger partial charge >= 0.3 is 23.1 Å². The van der Waals surface area contributed by atoms with Crippen LogP contribution in [-0.4, -0.2) is 31.1 Å². The average molecular weight is 191 g/mol. The molecule has 0 atom stereocenters. The van der Waals surface area contributed by atoms with Crippen molar-refractivity contribution in [1.29, 1.82) is 0 Å². The van der Waals surface area contributed by atoms with Crippen molar-refractivity contribution in [1.82, 2.24) is 0 Å². The number of hydrogen-bond donors (Lipinski definition) is 0. The van der Waals surface area contributed by atoms with Gasteiger partial charge in [0.1, 0.15) is 0 Å². The van der Waals surface area contributed by atoms with E-state index in [0.29, 0.717) is 0 Å². The summed E-state index contributed by atoms with van der Waals surface area (Å²) in [6.07, 6.45) is 0. The van der Waals surface area contributed by atoms with Gasteiger partial charge in [-0.1, -0.05) is 19.6 Å². The van der Waals surface area contributed by atoms with Gasteiger partial charge in [0.2, 0.25) is 0 Å². The summed E-state index contributed by atoms with van der Waals surface area (Å²) in [5, 5.41) is 0. The molecule has 0 bridgehead atoms. The van der Waals surface area contributed by atoms with Crippen LogP contribution >= 0.6 is 12.4 Å². The largest absolute Gasteiger partial charge is 2.00 e. The Morgan fingerprint density at radius 2 is 1.20 bits per heavy atom. The summed E-state index contributed by atoms with van der Waals surface area (Å²) in [4.78, 5) is 0. The van der Waals surface area contributed by atoms with E-state index in [0.717, 1.165) is 6.04 Å². The minimum absolute atomic E-state index is 0. The van der Waals surface area contributed by atoms with Gasteiger partial charge in [0.05, 0.1) is 0 Å². The second kappa shape index (κ2) is 12.9. The van der Waals surface area contributed by atoms with E-state index in [4.69, 9.17) is 0 Å². The third-order valence-electron chi connectivity index (χ3n) is 0.750. The molecule has 0 fully saturated rings. The standard InChI is InChI=1S/C5H13Si.C2H5.ClH.Mg/c1-5-6(2,3)4;1-2;;/h1,5H2,2-4H3;1H2,2H3;1H;/q2*-1;;+2. The second-order valence-corrected chi connectivity index (χ2v) is 8.43. The predicted octanol–water partition coefficient (Wildman–Crippen LogP) is 3.04. The molecule has 0 radical (unpaired) electrons. The number of halogens is 1. The molecule has 0 aromatic carbocycles. The van der Waals surface area contributed by atoms with Gasteiger partial charge in [0.25, 0.3) is 0 Å². The van der Waals surface area contributed by atoms with Crippen LogP contribution in [-0.2, 0) is 0 Å².